The minimum Gasteiger partial charge on any atom is -0.374 e. The van der Waals surface area contributed by atoms with Crippen molar-refractivity contribution in [2.75, 3.05) is 26.2 Å². The van der Waals surface area contributed by atoms with Crippen LogP contribution in [0.4, 0.5) is 0 Å². The first kappa shape index (κ1) is 23.7. The second-order valence-electron chi connectivity index (χ2n) is 8.54. The number of imide groups is 2. The second-order valence-corrected chi connectivity index (χ2v) is 8.54. The van der Waals surface area contributed by atoms with Crippen molar-refractivity contribution in [3.05, 3.63) is 12.2 Å². The van der Waals surface area contributed by atoms with E-state index in [1.807, 2.05) is 13.8 Å². The molecule has 2 heterocycles. The van der Waals surface area contributed by atoms with Crippen molar-refractivity contribution < 1.29 is 33.5 Å². The molecule has 0 aliphatic carbocycles. The van der Waals surface area contributed by atoms with Gasteiger partial charge in [-0.25, -0.2) is 4.79 Å². The van der Waals surface area contributed by atoms with Crippen molar-refractivity contribution in [1.82, 2.24) is 15.3 Å². The number of hydroxylamine groups is 2. The smallest absolute Gasteiger partial charge is 0.338 e. The van der Waals surface area contributed by atoms with Crippen LogP contribution >= 0.6 is 0 Å². The van der Waals surface area contributed by atoms with Gasteiger partial charge in [0.25, 0.3) is 23.6 Å². The predicted octanol–water partition coefficient (Wildman–Crippen LogP) is 0.320. The van der Waals surface area contributed by atoms with Crippen LogP contribution in [0, 0.1) is 5.41 Å². The van der Waals surface area contributed by atoms with Gasteiger partial charge in [0.1, 0.15) is 0 Å². The largest absolute Gasteiger partial charge is 0.374 e. The van der Waals surface area contributed by atoms with Crippen LogP contribution in [0.25, 0.3) is 0 Å². The molecule has 0 radical (unpaired) electrons. The highest BCUT2D eigenvalue weighted by atomic mass is 16.7. The van der Waals surface area contributed by atoms with Gasteiger partial charge in [0, 0.05) is 51.2 Å². The lowest BCUT2D eigenvalue weighted by molar-refractivity contribution is -0.205. The minimum absolute atomic E-state index is 0.0490. The molecule has 2 aliphatic heterocycles. The summed E-state index contributed by atoms with van der Waals surface area (Å²) >= 11 is 0. The molecule has 10 nitrogen and oxygen atoms in total. The second kappa shape index (κ2) is 9.48. The summed E-state index contributed by atoms with van der Waals surface area (Å²) in [5, 5.41) is 3.70. The molecule has 0 spiro atoms. The summed E-state index contributed by atoms with van der Waals surface area (Å²) in [5.41, 5.74) is -1.51. The average Bonchev–Trinajstić information content (AvgIpc) is 3.14. The minimum atomic E-state index is -0.948. The lowest BCUT2D eigenvalue weighted by atomic mass is 9.90. The zero-order valence-electron chi connectivity index (χ0n) is 17.9. The molecule has 0 aromatic heterocycles. The van der Waals surface area contributed by atoms with Gasteiger partial charge in [-0.1, -0.05) is 0 Å². The molecular formula is C20H29N3O7. The number of carbonyl (C=O) groups excluding carboxylic acids is 5. The van der Waals surface area contributed by atoms with Crippen LogP contribution in [0.5, 0.6) is 0 Å². The van der Waals surface area contributed by atoms with Gasteiger partial charge in [0.05, 0.1) is 11.0 Å². The Labute approximate surface area is 175 Å². The van der Waals surface area contributed by atoms with E-state index in [1.54, 1.807) is 13.8 Å². The van der Waals surface area contributed by atoms with Crippen molar-refractivity contribution in [1.29, 1.82) is 0 Å². The van der Waals surface area contributed by atoms with Gasteiger partial charge < -0.3 is 14.9 Å². The van der Waals surface area contributed by atoms with Crippen molar-refractivity contribution in [3.63, 3.8) is 0 Å². The van der Waals surface area contributed by atoms with Gasteiger partial charge in [0.15, 0.2) is 0 Å². The zero-order chi connectivity index (χ0) is 22.5. The Morgan fingerprint density at radius 2 is 1.60 bits per heavy atom. The highest BCUT2D eigenvalue weighted by Crippen LogP contribution is 2.25. The van der Waals surface area contributed by atoms with Crippen LogP contribution in [0.15, 0.2) is 12.2 Å². The third-order valence-electron chi connectivity index (χ3n) is 4.92. The molecular weight excluding hydrogens is 394 g/mol. The Morgan fingerprint density at radius 1 is 1.03 bits per heavy atom. The van der Waals surface area contributed by atoms with E-state index in [9.17, 15) is 24.0 Å². The molecule has 0 unspecified atom stereocenters. The molecule has 0 aromatic rings. The van der Waals surface area contributed by atoms with Gasteiger partial charge >= 0.3 is 5.97 Å². The molecule has 1 fully saturated rings. The van der Waals surface area contributed by atoms with Crippen molar-refractivity contribution in [2.45, 2.75) is 52.6 Å². The van der Waals surface area contributed by atoms with Gasteiger partial charge in [0.2, 0.25) is 0 Å². The topological polar surface area (TPSA) is 122 Å². The van der Waals surface area contributed by atoms with Crippen LogP contribution in [0.1, 0.15) is 47.0 Å². The first-order valence-electron chi connectivity index (χ1n) is 9.89. The number of hydrogen-bond donors (Lipinski definition) is 1. The standard InChI is InChI=1S/C20H29N3O7/c1-19(2,18(28)30-23-16(26)7-8-17(23)27)9-12-29-20(3,4)13-21-10-11-22-14(24)5-6-15(22)25/h5-6,21H,7-13H2,1-4H3. The molecule has 0 atom stereocenters. The lowest BCUT2D eigenvalue weighted by Crippen LogP contribution is -2.43. The van der Waals surface area contributed by atoms with Gasteiger partial charge in [-0.2, -0.15) is 0 Å². The summed E-state index contributed by atoms with van der Waals surface area (Å²) in [6.45, 7) is 8.50. The molecule has 10 heteroatoms. The molecule has 1 N–H and O–H groups in total. The summed E-state index contributed by atoms with van der Waals surface area (Å²) in [6, 6.07) is 0. The molecule has 1 saturated heterocycles. The van der Waals surface area contributed by atoms with Crippen LogP contribution in [-0.2, 0) is 33.5 Å². The molecule has 2 aliphatic rings. The highest BCUT2D eigenvalue weighted by molar-refractivity contribution is 6.12. The third-order valence-corrected chi connectivity index (χ3v) is 4.92. The lowest BCUT2D eigenvalue weighted by Gasteiger charge is -2.29. The predicted molar refractivity (Wildman–Crippen MR) is 104 cm³/mol. The molecule has 0 saturated carbocycles. The van der Waals surface area contributed by atoms with E-state index in [-0.39, 0.29) is 37.8 Å². The number of ether oxygens (including phenoxy) is 1. The number of hydrogen-bond acceptors (Lipinski definition) is 8. The van der Waals surface area contributed by atoms with Crippen molar-refractivity contribution in [3.8, 4) is 0 Å². The maximum Gasteiger partial charge on any atom is 0.338 e. The highest BCUT2D eigenvalue weighted by Gasteiger charge is 2.38. The number of amides is 4. The number of rotatable bonds is 11. The quantitative estimate of drug-likeness (QED) is 0.372. The van der Waals surface area contributed by atoms with E-state index >= 15 is 0 Å². The fourth-order valence-corrected chi connectivity index (χ4v) is 2.83. The SMILES string of the molecule is CC(C)(CNCCN1C(=O)C=CC1=O)OCCC(C)(C)C(=O)ON1C(=O)CCC1=O. The molecule has 0 bridgehead atoms. The number of nitrogens with one attached hydrogen (secondary N) is 1. The van der Waals surface area contributed by atoms with E-state index in [1.165, 1.54) is 12.2 Å². The molecule has 4 amide bonds. The summed E-state index contributed by atoms with van der Waals surface area (Å²) in [7, 11) is 0. The molecule has 2 rings (SSSR count). The Hall–Kier alpha value is -2.59. The fourth-order valence-electron chi connectivity index (χ4n) is 2.83. The monoisotopic (exact) mass is 423 g/mol. The average molecular weight is 423 g/mol. The van der Waals surface area contributed by atoms with E-state index in [2.05, 4.69) is 5.32 Å². The van der Waals surface area contributed by atoms with E-state index in [4.69, 9.17) is 9.57 Å². The normalized spacial score (nSPS) is 17.5. The fraction of sp³-hybridized carbons (Fsp3) is 0.650. The maximum absolute atomic E-state index is 12.4. The molecule has 30 heavy (non-hydrogen) atoms. The Morgan fingerprint density at radius 3 is 2.17 bits per heavy atom. The zero-order valence-corrected chi connectivity index (χ0v) is 17.9. The maximum atomic E-state index is 12.4. The first-order valence-corrected chi connectivity index (χ1v) is 9.89. The van der Waals surface area contributed by atoms with E-state index in [0.717, 1.165) is 4.90 Å². The summed E-state index contributed by atoms with van der Waals surface area (Å²) in [6.07, 6.45) is 2.92. The van der Waals surface area contributed by atoms with Gasteiger partial charge in [-0.05, 0) is 34.1 Å². The van der Waals surface area contributed by atoms with Crippen LogP contribution < -0.4 is 5.32 Å². The van der Waals surface area contributed by atoms with Gasteiger partial charge in [-0.15, -0.1) is 5.06 Å². The van der Waals surface area contributed by atoms with Gasteiger partial charge in [-0.3, -0.25) is 24.1 Å². The summed E-state index contributed by atoms with van der Waals surface area (Å²) in [5.74, 6) is -2.33. The first-order chi connectivity index (χ1) is 13.9. The number of carbonyl (C=O) groups is 5. The molecule has 0 aromatic carbocycles. The summed E-state index contributed by atoms with van der Waals surface area (Å²) in [4.78, 5) is 64.7. The third kappa shape index (κ3) is 6.20. The molecule has 166 valence electrons. The van der Waals surface area contributed by atoms with Crippen LogP contribution in [0.3, 0.4) is 0 Å². The van der Waals surface area contributed by atoms with E-state index in [0.29, 0.717) is 24.6 Å². The number of nitrogens with zero attached hydrogens (tertiary/aromatic N) is 2. The van der Waals surface area contributed by atoms with Crippen molar-refractivity contribution in [2.24, 2.45) is 5.41 Å². The Bertz CT molecular complexity index is 723. The Kier molecular flexibility index (Phi) is 7.49. The van der Waals surface area contributed by atoms with Crippen LogP contribution in [-0.4, -0.2) is 71.4 Å². The van der Waals surface area contributed by atoms with Crippen LogP contribution in [0.2, 0.25) is 0 Å². The van der Waals surface area contributed by atoms with Crippen molar-refractivity contribution >= 4 is 29.6 Å². The summed E-state index contributed by atoms with van der Waals surface area (Å²) < 4.78 is 5.86. The van der Waals surface area contributed by atoms with E-state index < -0.39 is 28.8 Å². The Balaban J connectivity index is 1.69.